The van der Waals surface area contributed by atoms with Gasteiger partial charge >= 0.3 is 6.09 Å². The summed E-state index contributed by atoms with van der Waals surface area (Å²) in [4.78, 5) is 11.9. The largest absolute Gasteiger partial charge is 0.465 e. The Morgan fingerprint density at radius 1 is 1.82 bits per heavy atom. The van der Waals surface area contributed by atoms with Crippen molar-refractivity contribution in [2.24, 2.45) is 0 Å². The summed E-state index contributed by atoms with van der Waals surface area (Å²) in [6, 6.07) is 0. The number of nitrogens with zero attached hydrogens (tertiary/aromatic N) is 1. The number of amides is 1. The van der Waals surface area contributed by atoms with Crippen LogP contribution in [0.1, 0.15) is 13.3 Å². The van der Waals surface area contributed by atoms with Gasteiger partial charge in [-0.2, -0.15) is 0 Å². The van der Waals surface area contributed by atoms with Crippen molar-refractivity contribution in [2.45, 2.75) is 25.0 Å². The Balaban J connectivity index is 2.00. The standard InChI is InChI=1S/C7H11NO3/c1-5-7(11-5)2-3-8(4-7)6(9)10/h5H,2-4H2,1H3,(H,9,10). The molecule has 2 unspecified atom stereocenters. The summed E-state index contributed by atoms with van der Waals surface area (Å²) in [6.07, 6.45) is 0.289. The van der Waals surface area contributed by atoms with E-state index in [0.717, 1.165) is 6.42 Å². The fourth-order valence-electron chi connectivity index (χ4n) is 1.71. The van der Waals surface area contributed by atoms with Crippen molar-refractivity contribution in [3.8, 4) is 0 Å². The Bertz CT molecular complexity index is 206. The molecular formula is C7H11NO3. The smallest absolute Gasteiger partial charge is 0.407 e. The highest BCUT2D eigenvalue weighted by molar-refractivity contribution is 5.65. The molecule has 2 rings (SSSR count). The Labute approximate surface area is 64.7 Å². The molecule has 2 aliphatic rings. The van der Waals surface area contributed by atoms with E-state index in [1.54, 1.807) is 0 Å². The molecule has 4 heteroatoms. The Kier molecular flexibility index (Phi) is 1.18. The minimum Gasteiger partial charge on any atom is -0.465 e. The third kappa shape index (κ3) is 0.894. The van der Waals surface area contributed by atoms with Gasteiger partial charge in [-0.05, 0) is 13.3 Å². The number of carbonyl (C=O) groups is 1. The van der Waals surface area contributed by atoms with Crippen LogP contribution in [0.4, 0.5) is 4.79 Å². The van der Waals surface area contributed by atoms with Crippen molar-refractivity contribution in [1.29, 1.82) is 0 Å². The lowest BCUT2D eigenvalue weighted by Crippen LogP contribution is -2.29. The van der Waals surface area contributed by atoms with E-state index in [1.807, 2.05) is 6.92 Å². The molecule has 1 spiro atoms. The van der Waals surface area contributed by atoms with Crippen LogP contribution in [0.5, 0.6) is 0 Å². The Morgan fingerprint density at radius 2 is 2.45 bits per heavy atom. The van der Waals surface area contributed by atoms with Crippen molar-refractivity contribution in [2.75, 3.05) is 13.1 Å². The number of carboxylic acid groups (broad SMARTS) is 1. The van der Waals surface area contributed by atoms with Gasteiger partial charge in [0.2, 0.25) is 0 Å². The molecule has 0 aromatic rings. The molecule has 0 aromatic carbocycles. The number of rotatable bonds is 0. The molecular weight excluding hydrogens is 146 g/mol. The van der Waals surface area contributed by atoms with E-state index in [-0.39, 0.29) is 11.7 Å². The lowest BCUT2D eigenvalue weighted by Gasteiger charge is -2.09. The number of likely N-dealkylation sites (tertiary alicyclic amines) is 1. The van der Waals surface area contributed by atoms with Crippen molar-refractivity contribution in [3.63, 3.8) is 0 Å². The van der Waals surface area contributed by atoms with E-state index in [1.165, 1.54) is 4.90 Å². The van der Waals surface area contributed by atoms with Gasteiger partial charge in [-0.3, -0.25) is 0 Å². The Morgan fingerprint density at radius 3 is 2.73 bits per heavy atom. The molecule has 2 saturated heterocycles. The summed E-state index contributed by atoms with van der Waals surface area (Å²) in [5, 5.41) is 8.63. The van der Waals surface area contributed by atoms with E-state index in [2.05, 4.69) is 0 Å². The summed E-state index contributed by atoms with van der Waals surface area (Å²) in [5.41, 5.74) is -0.0988. The zero-order chi connectivity index (χ0) is 8.06. The van der Waals surface area contributed by atoms with Gasteiger partial charge in [0, 0.05) is 6.54 Å². The molecule has 0 radical (unpaired) electrons. The maximum atomic E-state index is 10.5. The summed E-state index contributed by atoms with van der Waals surface area (Å²) in [5.74, 6) is 0. The second-order valence-electron chi connectivity index (χ2n) is 3.28. The summed E-state index contributed by atoms with van der Waals surface area (Å²) in [6.45, 7) is 3.18. The van der Waals surface area contributed by atoms with Gasteiger partial charge in [0.05, 0.1) is 12.6 Å². The number of epoxide rings is 1. The van der Waals surface area contributed by atoms with Gasteiger partial charge in [0.1, 0.15) is 5.60 Å². The van der Waals surface area contributed by atoms with Crippen LogP contribution in [-0.2, 0) is 4.74 Å². The maximum Gasteiger partial charge on any atom is 0.407 e. The fraction of sp³-hybridized carbons (Fsp3) is 0.857. The average Bonchev–Trinajstić information content (AvgIpc) is 2.44. The molecule has 1 amide bonds. The van der Waals surface area contributed by atoms with E-state index in [9.17, 15) is 4.79 Å². The fourth-order valence-corrected chi connectivity index (χ4v) is 1.71. The number of hydrogen-bond donors (Lipinski definition) is 1. The first-order valence-electron chi connectivity index (χ1n) is 3.80. The molecule has 0 bridgehead atoms. The van der Waals surface area contributed by atoms with Crippen LogP contribution in [0.3, 0.4) is 0 Å². The van der Waals surface area contributed by atoms with E-state index in [4.69, 9.17) is 9.84 Å². The minimum absolute atomic E-state index is 0.0988. The predicted molar refractivity (Wildman–Crippen MR) is 37.5 cm³/mol. The molecule has 2 fully saturated rings. The first kappa shape index (κ1) is 6.91. The second-order valence-corrected chi connectivity index (χ2v) is 3.28. The quantitative estimate of drug-likeness (QED) is 0.522. The first-order chi connectivity index (χ1) is 5.14. The van der Waals surface area contributed by atoms with Gasteiger partial charge in [-0.15, -0.1) is 0 Å². The molecule has 2 atom stereocenters. The van der Waals surface area contributed by atoms with E-state index in [0.29, 0.717) is 13.1 Å². The van der Waals surface area contributed by atoms with Crippen molar-refractivity contribution in [3.05, 3.63) is 0 Å². The molecule has 0 aliphatic carbocycles. The highest BCUT2D eigenvalue weighted by Crippen LogP contribution is 2.43. The van der Waals surface area contributed by atoms with Crippen LogP contribution in [0.2, 0.25) is 0 Å². The van der Waals surface area contributed by atoms with Gasteiger partial charge in [0.25, 0.3) is 0 Å². The molecule has 0 aromatic heterocycles. The zero-order valence-electron chi connectivity index (χ0n) is 6.41. The van der Waals surface area contributed by atoms with Crippen LogP contribution >= 0.6 is 0 Å². The van der Waals surface area contributed by atoms with Gasteiger partial charge in [0.15, 0.2) is 0 Å². The molecule has 2 heterocycles. The number of ether oxygens (including phenoxy) is 1. The third-order valence-electron chi connectivity index (χ3n) is 2.63. The summed E-state index contributed by atoms with van der Waals surface area (Å²) < 4.78 is 5.34. The van der Waals surface area contributed by atoms with E-state index >= 15 is 0 Å². The molecule has 1 N–H and O–H groups in total. The topological polar surface area (TPSA) is 53.1 Å². The second kappa shape index (κ2) is 1.88. The SMILES string of the molecule is CC1OC12CCN(C(=O)O)C2. The number of hydrogen-bond acceptors (Lipinski definition) is 2. The molecule has 0 saturated carbocycles. The highest BCUT2D eigenvalue weighted by Gasteiger charge is 2.57. The highest BCUT2D eigenvalue weighted by atomic mass is 16.6. The predicted octanol–water partition coefficient (Wildman–Crippen LogP) is 0.528. The van der Waals surface area contributed by atoms with Crippen molar-refractivity contribution >= 4 is 6.09 Å². The van der Waals surface area contributed by atoms with Crippen LogP contribution in [0.15, 0.2) is 0 Å². The maximum absolute atomic E-state index is 10.5. The van der Waals surface area contributed by atoms with Crippen LogP contribution in [0, 0.1) is 0 Å². The van der Waals surface area contributed by atoms with Crippen molar-refractivity contribution < 1.29 is 14.6 Å². The van der Waals surface area contributed by atoms with Gasteiger partial charge in [-0.1, -0.05) is 0 Å². The normalized spacial score (nSPS) is 41.5. The molecule has 62 valence electrons. The summed E-state index contributed by atoms with van der Waals surface area (Å²) in [7, 11) is 0. The van der Waals surface area contributed by atoms with E-state index < -0.39 is 6.09 Å². The van der Waals surface area contributed by atoms with Crippen molar-refractivity contribution in [1.82, 2.24) is 4.90 Å². The monoisotopic (exact) mass is 157 g/mol. The molecule has 4 nitrogen and oxygen atoms in total. The lowest BCUT2D eigenvalue weighted by atomic mass is 10.1. The zero-order valence-corrected chi connectivity index (χ0v) is 6.41. The molecule has 11 heavy (non-hydrogen) atoms. The van der Waals surface area contributed by atoms with Gasteiger partial charge in [-0.25, -0.2) is 4.79 Å². The lowest BCUT2D eigenvalue weighted by molar-refractivity contribution is 0.152. The third-order valence-corrected chi connectivity index (χ3v) is 2.63. The first-order valence-corrected chi connectivity index (χ1v) is 3.80. The minimum atomic E-state index is -0.829. The summed E-state index contributed by atoms with van der Waals surface area (Å²) >= 11 is 0. The Hall–Kier alpha value is -0.770. The van der Waals surface area contributed by atoms with Crippen LogP contribution in [0.25, 0.3) is 0 Å². The van der Waals surface area contributed by atoms with Crippen LogP contribution in [-0.4, -0.2) is 40.9 Å². The average molecular weight is 157 g/mol. The molecule has 2 aliphatic heterocycles. The van der Waals surface area contributed by atoms with Gasteiger partial charge < -0.3 is 14.7 Å². The van der Waals surface area contributed by atoms with Crippen LogP contribution < -0.4 is 0 Å².